The lowest BCUT2D eigenvalue weighted by atomic mass is 9.58. The summed E-state index contributed by atoms with van der Waals surface area (Å²) in [5.74, 6) is -4.93. The van der Waals surface area contributed by atoms with Crippen molar-refractivity contribution >= 4 is 40.5 Å². The molecule has 3 aliphatic rings. The number of methoxy groups -OCH3 is 2. The van der Waals surface area contributed by atoms with Gasteiger partial charge in [0.1, 0.15) is 11.5 Å². The fraction of sp³-hybridized carbons (Fsp3) is 0.405. The molecule has 0 bridgehead atoms. The SMILES string of the molecule is COc1ccc2c(c1)C(C)(C)C(=CC1C(=O)C(C=C3N(Cc4cc([N+](=O)[O-])cc([N+](=O)[O-])c4)c4ccc(OC)cc4C3(C)C)C1(O)C(=O)O)N2CCCCCC(=O)O. The van der Waals surface area contributed by atoms with E-state index >= 15 is 0 Å². The molecule has 2 heterocycles. The molecule has 6 rings (SSSR count). The van der Waals surface area contributed by atoms with Crippen LogP contribution in [0.2, 0.25) is 0 Å². The van der Waals surface area contributed by atoms with Gasteiger partial charge in [0.25, 0.3) is 11.4 Å². The summed E-state index contributed by atoms with van der Waals surface area (Å²) in [7, 11) is 3.04. The summed E-state index contributed by atoms with van der Waals surface area (Å²) in [6.45, 7) is 7.87. The van der Waals surface area contributed by atoms with E-state index in [9.17, 15) is 44.8 Å². The molecular weight excluding hydrogens is 752 g/mol. The van der Waals surface area contributed by atoms with Gasteiger partial charge in [0, 0.05) is 65.2 Å². The van der Waals surface area contributed by atoms with Crippen LogP contribution in [0.5, 0.6) is 11.5 Å². The molecule has 1 fully saturated rings. The number of carbonyl (C=O) groups excluding carboxylic acids is 1. The number of aliphatic hydroxyl groups is 1. The lowest BCUT2D eigenvalue weighted by Gasteiger charge is -2.46. The van der Waals surface area contributed by atoms with E-state index in [1.165, 1.54) is 31.4 Å². The van der Waals surface area contributed by atoms with Crippen molar-refractivity contribution in [3.05, 3.63) is 115 Å². The number of ether oxygens (including phenoxy) is 2. The van der Waals surface area contributed by atoms with Gasteiger partial charge < -0.3 is 34.6 Å². The van der Waals surface area contributed by atoms with Crippen molar-refractivity contribution < 1.29 is 49.0 Å². The molecule has 58 heavy (non-hydrogen) atoms. The number of Topliss-reactive ketones (excluding diaryl/α,β-unsaturated/α-hetero) is 1. The number of hydrogen-bond donors (Lipinski definition) is 3. The monoisotopic (exact) mass is 798 g/mol. The van der Waals surface area contributed by atoms with Crippen LogP contribution in [0.15, 0.2) is 78.1 Å². The number of aliphatic carboxylic acids is 2. The minimum atomic E-state index is -2.59. The predicted octanol–water partition coefficient (Wildman–Crippen LogP) is 6.66. The molecule has 1 aliphatic carbocycles. The van der Waals surface area contributed by atoms with Crippen LogP contribution in [0.25, 0.3) is 0 Å². The van der Waals surface area contributed by atoms with Crippen LogP contribution in [0.3, 0.4) is 0 Å². The van der Waals surface area contributed by atoms with Gasteiger partial charge in [0.15, 0.2) is 11.4 Å². The topological polar surface area (TPSA) is 223 Å². The van der Waals surface area contributed by atoms with Crippen LogP contribution in [0.1, 0.15) is 70.1 Å². The smallest absolute Gasteiger partial charge is 0.337 e. The van der Waals surface area contributed by atoms with Crippen LogP contribution < -0.4 is 19.3 Å². The van der Waals surface area contributed by atoms with Gasteiger partial charge in [-0.3, -0.25) is 29.8 Å². The van der Waals surface area contributed by atoms with E-state index in [-0.39, 0.29) is 18.5 Å². The van der Waals surface area contributed by atoms with Crippen LogP contribution >= 0.6 is 0 Å². The Kier molecular flexibility index (Phi) is 10.9. The first-order valence-electron chi connectivity index (χ1n) is 18.8. The van der Waals surface area contributed by atoms with E-state index in [2.05, 4.69) is 0 Å². The summed E-state index contributed by atoms with van der Waals surface area (Å²) in [6.07, 6.45) is 4.69. The highest BCUT2D eigenvalue weighted by atomic mass is 16.6. The summed E-state index contributed by atoms with van der Waals surface area (Å²) in [5.41, 5.74) is -1.07. The Balaban J connectivity index is 1.43. The lowest BCUT2D eigenvalue weighted by molar-refractivity contribution is -0.394. The highest BCUT2D eigenvalue weighted by Crippen LogP contribution is 2.55. The van der Waals surface area contributed by atoms with Gasteiger partial charge in [-0.15, -0.1) is 0 Å². The van der Waals surface area contributed by atoms with Gasteiger partial charge in [-0.2, -0.15) is 0 Å². The van der Waals surface area contributed by atoms with Gasteiger partial charge >= 0.3 is 11.9 Å². The predicted molar refractivity (Wildman–Crippen MR) is 212 cm³/mol. The van der Waals surface area contributed by atoms with Crippen LogP contribution in [0, 0.1) is 32.1 Å². The van der Waals surface area contributed by atoms with Crippen LogP contribution in [-0.2, 0) is 31.8 Å². The molecule has 0 aromatic heterocycles. The molecule has 1 saturated carbocycles. The third kappa shape index (κ3) is 7.01. The summed E-state index contributed by atoms with van der Waals surface area (Å²) in [4.78, 5) is 64.5. The van der Waals surface area contributed by atoms with Gasteiger partial charge in [-0.1, -0.05) is 46.3 Å². The van der Waals surface area contributed by atoms with Crippen molar-refractivity contribution in [2.24, 2.45) is 11.8 Å². The number of unbranched alkanes of at least 4 members (excludes halogenated alkanes) is 2. The van der Waals surface area contributed by atoms with Crippen molar-refractivity contribution in [2.75, 3.05) is 30.6 Å². The van der Waals surface area contributed by atoms with Gasteiger partial charge in [0.2, 0.25) is 0 Å². The maximum absolute atomic E-state index is 14.4. The van der Waals surface area contributed by atoms with Crippen molar-refractivity contribution in [3.8, 4) is 11.5 Å². The average molecular weight is 799 g/mol. The molecule has 306 valence electrons. The highest BCUT2D eigenvalue weighted by Gasteiger charge is 2.66. The normalized spacial score (nSPS) is 22.7. The molecule has 0 spiro atoms. The minimum absolute atomic E-state index is 0.0269. The Labute approximate surface area is 334 Å². The fourth-order valence-corrected chi connectivity index (χ4v) is 8.56. The quantitative estimate of drug-likeness (QED) is 0.0831. The second-order valence-corrected chi connectivity index (χ2v) is 15.9. The third-order valence-electron chi connectivity index (χ3n) is 11.7. The number of carbonyl (C=O) groups is 3. The standard InChI is InChI=1S/C42H46N4O12/c1-40(2)29-19-27(57-5)11-13-33(29)43(15-9-7-8-10-37(47)48)35(40)21-31-38(49)32(42(31,52)39(50)51)22-36-41(3,4)30-20-28(58-6)12-14-34(30)44(36)23-24-16-25(45(53)54)18-26(17-24)46(55)56/h11-14,16-22,31-32,52H,7-10,15,23H2,1-6H3,(H,47,48)(H,50,51). The third-order valence-corrected chi connectivity index (χ3v) is 11.7. The molecule has 16 nitrogen and oxygen atoms in total. The van der Waals surface area contributed by atoms with E-state index < -0.39 is 67.2 Å². The molecule has 3 aromatic rings. The molecule has 3 atom stereocenters. The summed E-state index contributed by atoms with van der Waals surface area (Å²) >= 11 is 0. The molecular formula is C42H46N4O12. The zero-order valence-corrected chi connectivity index (χ0v) is 33.1. The number of carboxylic acids is 2. The molecule has 0 radical (unpaired) electrons. The lowest BCUT2D eigenvalue weighted by Crippen LogP contribution is -2.67. The number of anilines is 2. The number of non-ortho nitro benzene ring substituents is 2. The molecule has 3 unspecified atom stereocenters. The number of rotatable bonds is 15. The fourth-order valence-electron chi connectivity index (χ4n) is 8.56. The number of nitro groups is 2. The van der Waals surface area contributed by atoms with E-state index in [0.29, 0.717) is 60.0 Å². The number of nitro benzene ring substituents is 2. The second kappa shape index (κ2) is 15.2. The van der Waals surface area contributed by atoms with E-state index in [1.54, 1.807) is 36.3 Å². The maximum atomic E-state index is 14.4. The number of allylic oxidation sites excluding steroid dienone is 2. The molecule has 0 saturated heterocycles. The van der Waals surface area contributed by atoms with E-state index in [0.717, 1.165) is 17.3 Å². The maximum Gasteiger partial charge on any atom is 0.337 e. The Morgan fingerprint density at radius 3 is 1.69 bits per heavy atom. The molecule has 3 N–H and O–H groups in total. The van der Waals surface area contributed by atoms with Crippen molar-refractivity contribution in [2.45, 2.75) is 76.4 Å². The molecule has 3 aromatic carbocycles. The first-order valence-corrected chi connectivity index (χ1v) is 18.8. The Hall–Kier alpha value is -6.29. The van der Waals surface area contributed by atoms with Crippen molar-refractivity contribution in [1.82, 2.24) is 0 Å². The number of hydrogen-bond acceptors (Lipinski definition) is 12. The zero-order valence-electron chi connectivity index (χ0n) is 33.1. The van der Waals surface area contributed by atoms with Crippen molar-refractivity contribution in [1.29, 1.82) is 0 Å². The number of carboxylic acid groups (broad SMARTS) is 2. The van der Waals surface area contributed by atoms with E-state index in [1.807, 2.05) is 44.7 Å². The van der Waals surface area contributed by atoms with Gasteiger partial charge in [-0.25, -0.2) is 4.79 Å². The summed E-state index contributed by atoms with van der Waals surface area (Å²) in [6, 6.07) is 14.1. The molecule has 2 aliphatic heterocycles. The Morgan fingerprint density at radius 1 is 0.759 bits per heavy atom. The number of ketones is 1. The molecule has 16 heteroatoms. The first-order chi connectivity index (χ1) is 27.3. The largest absolute Gasteiger partial charge is 0.497 e. The summed E-state index contributed by atoms with van der Waals surface area (Å²) < 4.78 is 11.0. The molecule has 0 amide bonds. The first kappa shape index (κ1) is 41.3. The Bertz CT molecular complexity index is 2250. The summed E-state index contributed by atoms with van der Waals surface area (Å²) in [5, 5.41) is 55.6. The zero-order chi connectivity index (χ0) is 42.5. The number of benzene rings is 3. The van der Waals surface area contributed by atoms with Crippen LogP contribution in [0.4, 0.5) is 22.7 Å². The van der Waals surface area contributed by atoms with Gasteiger partial charge in [0.05, 0.1) is 42.0 Å². The Morgan fingerprint density at radius 2 is 1.24 bits per heavy atom. The van der Waals surface area contributed by atoms with Gasteiger partial charge in [-0.05, 0) is 65.9 Å². The number of nitrogens with zero attached hydrogens (tertiary/aromatic N) is 4. The van der Waals surface area contributed by atoms with Crippen LogP contribution in [-0.4, -0.2) is 69.3 Å². The average Bonchev–Trinajstić information content (AvgIpc) is 3.51. The second-order valence-electron chi connectivity index (χ2n) is 15.9. The van der Waals surface area contributed by atoms with Crippen molar-refractivity contribution in [3.63, 3.8) is 0 Å². The van der Waals surface area contributed by atoms with E-state index in [4.69, 9.17) is 14.6 Å². The minimum Gasteiger partial charge on any atom is -0.497 e. The number of fused-ring (bicyclic) bond motifs is 2. The highest BCUT2D eigenvalue weighted by molar-refractivity contribution is 6.06.